The van der Waals surface area contributed by atoms with Crippen LogP contribution in [0.25, 0.3) is 0 Å². The first-order valence-corrected chi connectivity index (χ1v) is 11.4. The fourth-order valence-corrected chi connectivity index (χ4v) is 4.40. The Labute approximate surface area is 185 Å². The first-order chi connectivity index (χ1) is 15.0. The normalized spacial score (nSPS) is 20.0. The van der Waals surface area contributed by atoms with Crippen LogP contribution in [0.15, 0.2) is 18.2 Å². The molecule has 0 radical (unpaired) electrons. The molecule has 0 spiro atoms. The van der Waals surface area contributed by atoms with Crippen molar-refractivity contribution in [3.8, 4) is 11.5 Å². The molecule has 3 amide bonds. The summed E-state index contributed by atoms with van der Waals surface area (Å²) in [4.78, 5) is 27.6. The van der Waals surface area contributed by atoms with Crippen molar-refractivity contribution in [2.24, 2.45) is 0 Å². The number of nitrogens with one attached hydrogen (secondary N) is 1. The van der Waals surface area contributed by atoms with Gasteiger partial charge in [-0.2, -0.15) is 5.01 Å². The van der Waals surface area contributed by atoms with Gasteiger partial charge in [0.05, 0.1) is 25.7 Å². The lowest BCUT2D eigenvalue weighted by Gasteiger charge is -2.28. The summed E-state index contributed by atoms with van der Waals surface area (Å²) in [6, 6.07) is 5.17. The second-order valence-corrected chi connectivity index (χ2v) is 8.19. The van der Waals surface area contributed by atoms with Gasteiger partial charge in [-0.3, -0.25) is 4.79 Å². The van der Waals surface area contributed by atoms with Crippen molar-refractivity contribution < 1.29 is 19.1 Å². The SMILES string of the molecule is CCN(CC)CCNC(=O)N1C(=O)CC(c2ccc(OC)c(OC3CCCC3)c2)N1C. The van der Waals surface area contributed by atoms with E-state index in [1.807, 2.05) is 18.2 Å². The molecule has 2 aliphatic rings. The van der Waals surface area contributed by atoms with Crippen LogP contribution < -0.4 is 14.8 Å². The summed E-state index contributed by atoms with van der Waals surface area (Å²) < 4.78 is 11.7. The minimum Gasteiger partial charge on any atom is -0.493 e. The molecule has 1 saturated carbocycles. The van der Waals surface area contributed by atoms with E-state index in [1.165, 1.54) is 17.9 Å². The molecule has 0 aromatic heterocycles. The number of likely N-dealkylation sites (N-methyl/N-ethyl adjacent to an activating group) is 1. The number of nitrogens with zero attached hydrogens (tertiary/aromatic N) is 3. The van der Waals surface area contributed by atoms with Crippen LogP contribution >= 0.6 is 0 Å². The molecule has 1 aromatic rings. The van der Waals surface area contributed by atoms with Crippen LogP contribution in [-0.4, -0.2) is 73.3 Å². The number of hydrogen-bond donors (Lipinski definition) is 1. The van der Waals surface area contributed by atoms with Gasteiger partial charge in [0.25, 0.3) is 0 Å². The van der Waals surface area contributed by atoms with Crippen LogP contribution in [-0.2, 0) is 4.79 Å². The van der Waals surface area contributed by atoms with Crippen molar-refractivity contribution in [3.05, 3.63) is 23.8 Å². The lowest BCUT2D eigenvalue weighted by atomic mass is 10.0. The summed E-state index contributed by atoms with van der Waals surface area (Å²) >= 11 is 0. The van der Waals surface area contributed by atoms with Crippen LogP contribution in [0.3, 0.4) is 0 Å². The molecule has 172 valence electrons. The van der Waals surface area contributed by atoms with Gasteiger partial charge in [-0.1, -0.05) is 19.9 Å². The largest absolute Gasteiger partial charge is 0.493 e. The second kappa shape index (κ2) is 10.8. The highest BCUT2D eigenvalue weighted by Gasteiger charge is 2.40. The Morgan fingerprint density at radius 2 is 1.90 bits per heavy atom. The lowest BCUT2D eigenvalue weighted by molar-refractivity contribution is -0.131. The first kappa shape index (κ1) is 23.3. The van der Waals surface area contributed by atoms with E-state index in [2.05, 4.69) is 24.1 Å². The summed E-state index contributed by atoms with van der Waals surface area (Å²) in [5.74, 6) is 1.19. The quantitative estimate of drug-likeness (QED) is 0.646. The number of benzene rings is 1. The maximum atomic E-state index is 12.7. The van der Waals surface area contributed by atoms with Gasteiger partial charge in [0, 0.05) is 20.1 Å². The van der Waals surface area contributed by atoms with E-state index in [1.54, 1.807) is 19.2 Å². The molecule has 31 heavy (non-hydrogen) atoms. The van der Waals surface area contributed by atoms with E-state index in [4.69, 9.17) is 9.47 Å². The van der Waals surface area contributed by atoms with Crippen molar-refractivity contribution >= 4 is 11.9 Å². The number of methoxy groups -OCH3 is 1. The first-order valence-electron chi connectivity index (χ1n) is 11.4. The number of carbonyl (C=O) groups is 2. The monoisotopic (exact) mass is 432 g/mol. The Bertz CT molecular complexity index is 762. The smallest absolute Gasteiger partial charge is 0.339 e. The third-order valence-electron chi connectivity index (χ3n) is 6.33. The third kappa shape index (κ3) is 5.49. The van der Waals surface area contributed by atoms with Crippen LogP contribution in [0.4, 0.5) is 4.79 Å². The molecular formula is C23H36N4O4. The van der Waals surface area contributed by atoms with Crippen molar-refractivity contribution in [3.63, 3.8) is 0 Å². The molecule has 8 nitrogen and oxygen atoms in total. The zero-order valence-corrected chi connectivity index (χ0v) is 19.2. The van der Waals surface area contributed by atoms with Crippen molar-refractivity contribution in [2.75, 3.05) is 40.3 Å². The maximum absolute atomic E-state index is 12.7. The number of hydrogen-bond acceptors (Lipinski definition) is 6. The number of carbonyl (C=O) groups excluding carboxylic acids is 2. The van der Waals surface area contributed by atoms with E-state index < -0.39 is 0 Å². The fourth-order valence-electron chi connectivity index (χ4n) is 4.40. The van der Waals surface area contributed by atoms with Gasteiger partial charge in [-0.25, -0.2) is 9.80 Å². The topological polar surface area (TPSA) is 74.4 Å². The molecule has 8 heteroatoms. The summed E-state index contributed by atoms with van der Waals surface area (Å²) in [7, 11) is 3.41. The molecule has 0 bridgehead atoms. The van der Waals surface area contributed by atoms with Crippen LogP contribution in [0.2, 0.25) is 0 Å². The Morgan fingerprint density at radius 3 is 2.55 bits per heavy atom. The lowest BCUT2D eigenvalue weighted by Crippen LogP contribution is -2.49. The third-order valence-corrected chi connectivity index (χ3v) is 6.33. The molecular weight excluding hydrogens is 396 g/mol. The Morgan fingerprint density at radius 1 is 1.19 bits per heavy atom. The van der Waals surface area contributed by atoms with Gasteiger partial charge in [0.15, 0.2) is 11.5 Å². The highest BCUT2D eigenvalue weighted by atomic mass is 16.5. The van der Waals surface area contributed by atoms with Crippen LogP contribution in [0, 0.1) is 0 Å². The fraction of sp³-hybridized carbons (Fsp3) is 0.652. The van der Waals surface area contributed by atoms with Gasteiger partial charge >= 0.3 is 6.03 Å². The van der Waals surface area contributed by atoms with Gasteiger partial charge in [-0.15, -0.1) is 0 Å². The van der Waals surface area contributed by atoms with Crippen LogP contribution in [0.1, 0.15) is 57.6 Å². The predicted octanol–water partition coefficient (Wildman–Crippen LogP) is 3.19. The highest BCUT2D eigenvalue weighted by molar-refractivity contribution is 5.95. The molecule has 1 aliphatic carbocycles. The highest BCUT2D eigenvalue weighted by Crippen LogP contribution is 2.38. The van der Waals surface area contributed by atoms with Crippen molar-refractivity contribution in [2.45, 2.75) is 58.1 Å². The number of ether oxygens (including phenoxy) is 2. The number of amides is 3. The number of imide groups is 1. The van der Waals surface area contributed by atoms with E-state index in [0.29, 0.717) is 18.0 Å². The summed E-state index contributed by atoms with van der Waals surface area (Å²) in [5.41, 5.74) is 0.933. The Hall–Kier alpha value is -2.32. The van der Waals surface area contributed by atoms with Gasteiger partial charge in [0.2, 0.25) is 5.91 Å². The molecule has 1 saturated heterocycles. The predicted molar refractivity (Wildman–Crippen MR) is 119 cm³/mol. The minimum atomic E-state index is -0.377. The summed E-state index contributed by atoms with van der Waals surface area (Å²) in [6.07, 6.45) is 4.93. The average Bonchev–Trinajstić information content (AvgIpc) is 3.38. The molecule has 1 N–H and O–H groups in total. The van der Waals surface area contributed by atoms with Crippen molar-refractivity contribution in [1.29, 1.82) is 0 Å². The van der Waals surface area contributed by atoms with Gasteiger partial charge in [-0.05, 0) is 56.5 Å². The standard InChI is InChI=1S/C23H36N4O4/c1-5-26(6-2)14-13-24-23(29)27-22(28)16-19(25(27)3)17-11-12-20(30-4)21(15-17)31-18-9-7-8-10-18/h11-12,15,18-19H,5-10,13-14,16H2,1-4H3,(H,24,29). The number of rotatable bonds is 9. The van der Waals surface area contributed by atoms with Crippen LogP contribution in [0.5, 0.6) is 11.5 Å². The molecule has 1 heterocycles. The Balaban J connectivity index is 1.68. The number of urea groups is 1. The maximum Gasteiger partial charge on any atom is 0.339 e. The summed E-state index contributed by atoms with van der Waals surface area (Å²) in [5, 5.41) is 5.81. The molecule has 1 aliphatic heterocycles. The summed E-state index contributed by atoms with van der Waals surface area (Å²) in [6.45, 7) is 7.30. The average molecular weight is 433 g/mol. The van der Waals surface area contributed by atoms with E-state index in [0.717, 1.165) is 38.0 Å². The zero-order valence-electron chi connectivity index (χ0n) is 19.2. The molecule has 1 aromatic carbocycles. The Kier molecular flexibility index (Phi) is 8.15. The number of hydrazine groups is 1. The molecule has 3 rings (SSSR count). The minimum absolute atomic E-state index is 0.207. The molecule has 1 atom stereocenters. The van der Waals surface area contributed by atoms with E-state index >= 15 is 0 Å². The van der Waals surface area contributed by atoms with E-state index in [-0.39, 0.29) is 30.5 Å². The van der Waals surface area contributed by atoms with Gasteiger partial charge < -0.3 is 19.7 Å². The van der Waals surface area contributed by atoms with Gasteiger partial charge in [0.1, 0.15) is 0 Å². The van der Waals surface area contributed by atoms with E-state index in [9.17, 15) is 9.59 Å². The van der Waals surface area contributed by atoms with Crippen molar-refractivity contribution in [1.82, 2.24) is 20.2 Å². The molecule has 1 unspecified atom stereocenters. The second-order valence-electron chi connectivity index (χ2n) is 8.19. The zero-order chi connectivity index (χ0) is 22.4. The molecule has 2 fully saturated rings.